The molecule has 1 saturated heterocycles. The van der Waals surface area contributed by atoms with E-state index in [1.54, 1.807) is 0 Å². The molecule has 21 heavy (non-hydrogen) atoms. The highest BCUT2D eigenvalue weighted by Gasteiger charge is 2.51. The summed E-state index contributed by atoms with van der Waals surface area (Å²) in [7, 11) is 0. The number of rotatable bonds is 3. The number of amides is 2. The second-order valence-corrected chi connectivity index (χ2v) is 7.87. The minimum atomic E-state index is -0.125. The molecule has 5 heteroatoms. The van der Waals surface area contributed by atoms with E-state index in [4.69, 9.17) is 4.74 Å². The molecule has 2 N–H and O–H groups in total. The van der Waals surface area contributed by atoms with E-state index < -0.39 is 0 Å². The molecule has 0 aromatic heterocycles. The van der Waals surface area contributed by atoms with Crippen LogP contribution in [-0.2, 0) is 14.3 Å². The van der Waals surface area contributed by atoms with Crippen molar-refractivity contribution in [3.8, 4) is 0 Å². The molecule has 4 saturated carbocycles. The maximum atomic E-state index is 12.2. The van der Waals surface area contributed by atoms with Crippen molar-refractivity contribution in [2.75, 3.05) is 13.2 Å². The van der Waals surface area contributed by atoms with E-state index in [9.17, 15) is 9.59 Å². The third-order valence-electron chi connectivity index (χ3n) is 6.03. The molecule has 0 atom stereocenters. The molecule has 0 aromatic rings. The fourth-order valence-corrected chi connectivity index (χ4v) is 5.51. The zero-order chi connectivity index (χ0) is 14.4. The number of nitrogens with one attached hydrogen (secondary N) is 2. The molecule has 5 nitrogen and oxygen atoms in total. The molecular formula is C16H24N2O3. The minimum absolute atomic E-state index is 0.0226. The van der Waals surface area contributed by atoms with Crippen LogP contribution in [0.2, 0.25) is 0 Å². The van der Waals surface area contributed by atoms with Crippen molar-refractivity contribution in [2.24, 2.45) is 29.1 Å². The molecule has 5 fully saturated rings. The fourth-order valence-electron chi connectivity index (χ4n) is 5.51. The summed E-state index contributed by atoms with van der Waals surface area (Å²) in [5.41, 5.74) is 5.39. The lowest BCUT2D eigenvalue weighted by atomic mass is 9.49. The average Bonchev–Trinajstić information content (AvgIpc) is 2.31. The molecule has 4 bridgehead atoms. The maximum absolute atomic E-state index is 12.2. The van der Waals surface area contributed by atoms with E-state index in [-0.39, 0.29) is 23.1 Å². The summed E-state index contributed by atoms with van der Waals surface area (Å²) in [6.45, 7) is 0.938. The van der Waals surface area contributed by atoms with Gasteiger partial charge < -0.3 is 4.74 Å². The van der Waals surface area contributed by atoms with Gasteiger partial charge in [-0.25, -0.2) is 0 Å². The average molecular weight is 292 g/mol. The van der Waals surface area contributed by atoms with Crippen LogP contribution in [0.4, 0.5) is 0 Å². The predicted molar refractivity (Wildman–Crippen MR) is 75.8 cm³/mol. The van der Waals surface area contributed by atoms with Gasteiger partial charge in [0.15, 0.2) is 0 Å². The lowest BCUT2D eigenvalue weighted by molar-refractivity contribution is -0.143. The van der Waals surface area contributed by atoms with Crippen LogP contribution in [0.15, 0.2) is 0 Å². The summed E-state index contributed by atoms with van der Waals surface area (Å²) in [5, 5.41) is 0. The standard InChI is InChI=1S/C16H24N2O3/c19-14(17-18-15(20)13-8-21-9-13)7-16-4-10-1-11(5-16)3-12(2-10)6-16/h10-13H,1-9H2,(H,17,19)(H,18,20). The fraction of sp³-hybridized carbons (Fsp3) is 0.875. The summed E-state index contributed by atoms with van der Waals surface area (Å²) in [6, 6.07) is 0. The molecular weight excluding hydrogens is 268 g/mol. The SMILES string of the molecule is O=C(CC12CC3CC(CC(C3)C1)C2)NNC(=O)C1COC1. The molecule has 0 unspecified atom stereocenters. The van der Waals surface area contributed by atoms with Crippen LogP contribution in [0.3, 0.4) is 0 Å². The Morgan fingerprint density at radius 2 is 1.52 bits per heavy atom. The predicted octanol–water partition coefficient (Wildman–Crippen LogP) is 1.39. The zero-order valence-electron chi connectivity index (χ0n) is 12.4. The van der Waals surface area contributed by atoms with Crippen molar-refractivity contribution in [1.82, 2.24) is 10.9 Å². The molecule has 0 spiro atoms. The number of hydrogen-bond acceptors (Lipinski definition) is 3. The summed E-state index contributed by atoms with van der Waals surface area (Å²) >= 11 is 0. The number of ether oxygens (including phenoxy) is 1. The maximum Gasteiger partial charge on any atom is 0.246 e. The molecule has 5 rings (SSSR count). The first-order chi connectivity index (χ1) is 10.1. The van der Waals surface area contributed by atoms with Gasteiger partial charge in [0.2, 0.25) is 11.8 Å². The molecule has 0 radical (unpaired) electrons. The molecule has 2 amide bonds. The first-order valence-corrected chi connectivity index (χ1v) is 8.28. The van der Waals surface area contributed by atoms with Crippen LogP contribution < -0.4 is 10.9 Å². The van der Waals surface area contributed by atoms with E-state index in [0.29, 0.717) is 19.6 Å². The topological polar surface area (TPSA) is 67.4 Å². The molecule has 1 heterocycles. The molecule has 0 aromatic carbocycles. The van der Waals surface area contributed by atoms with Gasteiger partial charge in [-0.15, -0.1) is 0 Å². The normalized spacial score (nSPS) is 40.7. The second-order valence-electron chi connectivity index (χ2n) is 7.87. The van der Waals surface area contributed by atoms with Crippen LogP contribution in [-0.4, -0.2) is 25.0 Å². The van der Waals surface area contributed by atoms with E-state index in [1.165, 1.54) is 38.5 Å². The number of hydrogen-bond donors (Lipinski definition) is 2. The van der Waals surface area contributed by atoms with Gasteiger partial charge >= 0.3 is 0 Å². The Morgan fingerprint density at radius 3 is 2.00 bits per heavy atom. The second kappa shape index (κ2) is 4.97. The summed E-state index contributed by atoms with van der Waals surface area (Å²) in [5.74, 6) is 2.32. The third kappa shape index (κ3) is 2.56. The summed E-state index contributed by atoms with van der Waals surface area (Å²) in [6.07, 6.45) is 8.40. The van der Waals surface area contributed by atoms with Crippen LogP contribution in [0.5, 0.6) is 0 Å². The molecule has 116 valence electrons. The lowest BCUT2D eigenvalue weighted by Gasteiger charge is -2.56. The van der Waals surface area contributed by atoms with Crippen molar-refractivity contribution in [1.29, 1.82) is 0 Å². The Labute approximate surface area is 125 Å². The van der Waals surface area contributed by atoms with Crippen LogP contribution in [0.1, 0.15) is 44.9 Å². The Morgan fingerprint density at radius 1 is 0.952 bits per heavy atom. The van der Waals surface area contributed by atoms with Crippen LogP contribution in [0, 0.1) is 29.1 Å². The van der Waals surface area contributed by atoms with E-state index in [2.05, 4.69) is 10.9 Å². The Kier molecular flexibility index (Phi) is 3.21. The Hall–Kier alpha value is -1.10. The third-order valence-corrected chi connectivity index (χ3v) is 6.03. The van der Waals surface area contributed by atoms with Crippen LogP contribution >= 0.6 is 0 Å². The van der Waals surface area contributed by atoms with Gasteiger partial charge in [0, 0.05) is 6.42 Å². The molecule has 5 aliphatic rings. The molecule has 4 aliphatic carbocycles. The highest BCUT2D eigenvalue weighted by molar-refractivity contribution is 5.84. The smallest absolute Gasteiger partial charge is 0.246 e. The van der Waals surface area contributed by atoms with Crippen molar-refractivity contribution in [2.45, 2.75) is 44.9 Å². The minimum Gasteiger partial charge on any atom is -0.380 e. The van der Waals surface area contributed by atoms with Gasteiger partial charge in [-0.1, -0.05) is 0 Å². The summed E-state index contributed by atoms with van der Waals surface area (Å²) in [4.78, 5) is 23.9. The molecule has 1 aliphatic heterocycles. The van der Waals surface area contributed by atoms with Gasteiger partial charge in [0.05, 0.1) is 19.1 Å². The Bertz CT molecular complexity index is 423. The quantitative estimate of drug-likeness (QED) is 0.772. The highest BCUT2D eigenvalue weighted by atomic mass is 16.5. The van der Waals surface area contributed by atoms with Crippen LogP contribution in [0.25, 0.3) is 0 Å². The van der Waals surface area contributed by atoms with Gasteiger partial charge in [0.25, 0.3) is 0 Å². The van der Waals surface area contributed by atoms with E-state index >= 15 is 0 Å². The zero-order valence-corrected chi connectivity index (χ0v) is 12.4. The number of carbonyl (C=O) groups is 2. The first kappa shape index (κ1) is 13.6. The largest absolute Gasteiger partial charge is 0.380 e. The van der Waals surface area contributed by atoms with Crippen molar-refractivity contribution < 1.29 is 14.3 Å². The first-order valence-electron chi connectivity index (χ1n) is 8.28. The van der Waals surface area contributed by atoms with Gasteiger partial charge in [-0.2, -0.15) is 0 Å². The van der Waals surface area contributed by atoms with Gasteiger partial charge in [0.1, 0.15) is 0 Å². The number of hydrazine groups is 1. The Balaban J connectivity index is 1.31. The highest BCUT2D eigenvalue weighted by Crippen LogP contribution is 2.61. The number of carbonyl (C=O) groups excluding carboxylic acids is 2. The lowest BCUT2D eigenvalue weighted by Crippen LogP contribution is -2.52. The van der Waals surface area contributed by atoms with E-state index in [1.807, 2.05) is 0 Å². The van der Waals surface area contributed by atoms with E-state index in [0.717, 1.165) is 17.8 Å². The van der Waals surface area contributed by atoms with Gasteiger partial charge in [-0.3, -0.25) is 20.4 Å². The summed E-state index contributed by atoms with van der Waals surface area (Å²) < 4.78 is 4.98. The monoisotopic (exact) mass is 292 g/mol. The van der Waals surface area contributed by atoms with Gasteiger partial charge in [-0.05, 0) is 61.7 Å². The van der Waals surface area contributed by atoms with Crippen molar-refractivity contribution >= 4 is 11.8 Å². The van der Waals surface area contributed by atoms with Crippen molar-refractivity contribution in [3.63, 3.8) is 0 Å². The van der Waals surface area contributed by atoms with Crippen molar-refractivity contribution in [3.05, 3.63) is 0 Å².